The van der Waals surface area contributed by atoms with Crippen LogP contribution >= 0.6 is 0 Å². The highest BCUT2D eigenvalue weighted by Gasteiger charge is 2.12. The highest BCUT2D eigenvalue weighted by Crippen LogP contribution is 2.15. The summed E-state index contributed by atoms with van der Waals surface area (Å²) < 4.78 is 6.07. The van der Waals surface area contributed by atoms with Crippen molar-refractivity contribution in [1.29, 1.82) is 0 Å². The molecule has 0 saturated heterocycles. The quantitative estimate of drug-likeness (QED) is 0.198. The molecule has 24 heavy (non-hydrogen) atoms. The van der Waals surface area contributed by atoms with Crippen molar-refractivity contribution in [3.8, 4) is 5.75 Å². The van der Waals surface area contributed by atoms with Gasteiger partial charge in [0.2, 0.25) is 0 Å². The summed E-state index contributed by atoms with van der Waals surface area (Å²) in [4.78, 5) is 21.4. The van der Waals surface area contributed by atoms with E-state index in [1.165, 1.54) is 13.0 Å². The number of anilines is 1. The second-order valence-corrected chi connectivity index (χ2v) is 5.07. The summed E-state index contributed by atoms with van der Waals surface area (Å²) in [5.41, 5.74) is 0.427. The summed E-state index contributed by atoms with van der Waals surface area (Å²) in [6.07, 6.45) is 1.66. The number of carbonyl (C=O) groups excluding carboxylic acids is 1. The molecule has 0 aliphatic heterocycles. The van der Waals surface area contributed by atoms with Crippen LogP contribution < -0.4 is 14.8 Å². The Labute approximate surface area is 138 Å². The second-order valence-electron chi connectivity index (χ2n) is 5.07. The van der Waals surface area contributed by atoms with E-state index in [4.69, 9.17) is 4.74 Å². The number of ether oxygens (including phenoxy) is 1. The summed E-state index contributed by atoms with van der Waals surface area (Å²) in [7, 11) is 0. The molecule has 1 aromatic carbocycles. The number of nitro groups is 1. The first-order valence-electron chi connectivity index (χ1n) is 7.32. The third-order valence-electron chi connectivity index (χ3n) is 3.25. The molecular weight excluding hydrogens is 314 g/mol. The Morgan fingerprint density at radius 1 is 1.33 bits per heavy atom. The van der Waals surface area contributed by atoms with Gasteiger partial charge in [-0.1, -0.05) is 12.1 Å². The van der Waals surface area contributed by atoms with E-state index in [0.29, 0.717) is 35.6 Å². The molecule has 1 N–H and O–H groups in total. The van der Waals surface area contributed by atoms with Crippen LogP contribution in [0.1, 0.15) is 23.7 Å². The zero-order valence-corrected chi connectivity index (χ0v) is 13.1. The van der Waals surface area contributed by atoms with Crippen LogP contribution in [0.3, 0.4) is 0 Å². The monoisotopic (exact) mass is 331 g/mol. The van der Waals surface area contributed by atoms with Gasteiger partial charge in [0.15, 0.2) is 5.78 Å². The number of hydrogen-bond donors (Lipinski definition) is 1. The third-order valence-corrected chi connectivity index (χ3v) is 3.25. The normalized spacial score (nSPS) is 10.2. The van der Waals surface area contributed by atoms with Crippen molar-refractivity contribution in [2.75, 3.05) is 18.5 Å². The molecule has 0 radical (unpaired) electrons. The standard InChI is InChI=1S/C16H17N3O5/c1-12(20)13-4-2-5-15(10-13)24-9-3-7-17-16-11-14(19(22)23)6-8-18(16)21/h2,4-6,8,10-11,17H,3,7,9H2,1H3. The number of Topliss-reactive ketones (excluding diaryl/α,β-unsaturated/α-hetero) is 1. The van der Waals surface area contributed by atoms with Gasteiger partial charge in [0.05, 0.1) is 24.1 Å². The van der Waals surface area contributed by atoms with Gasteiger partial charge in [0.1, 0.15) is 18.0 Å². The highest BCUT2D eigenvalue weighted by molar-refractivity contribution is 5.94. The van der Waals surface area contributed by atoms with Crippen LogP contribution in [0, 0.1) is 15.3 Å². The fourth-order valence-electron chi connectivity index (χ4n) is 2.00. The summed E-state index contributed by atoms with van der Waals surface area (Å²) in [6.45, 7) is 2.28. The number of rotatable bonds is 8. The molecule has 0 bridgehead atoms. The van der Waals surface area contributed by atoms with E-state index in [1.54, 1.807) is 24.3 Å². The summed E-state index contributed by atoms with van der Waals surface area (Å²) in [5.74, 6) is 0.674. The molecule has 1 aromatic heterocycles. The number of pyridine rings is 1. The fraction of sp³-hybridized carbons (Fsp3) is 0.250. The van der Waals surface area contributed by atoms with Gasteiger partial charge in [-0.2, -0.15) is 0 Å². The first-order valence-corrected chi connectivity index (χ1v) is 7.32. The Balaban J connectivity index is 1.81. The van der Waals surface area contributed by atoms with Gasteiger partial charge in [-0.05, 0) is 19.1 Å². The Hall–Kier alpha value is -3.16. The van der Waals surface area contributed by atoms with Gasteiger partial charge < -0.3 is 9.94 Å². The molecule has 0 aliphatic carbocycles. The van der Waals surface area contributed by atoms with Gasteiger partial charge >= 0.3 is 0 Å². The van der Waals surface area contributed by atoms with Crippen LogP contribution in [0.15, 0.2) is 42.6 Å². The van der Waals surface area contributed by atoms with E-state index >= 15 is 0 Å². The minimum absolute atomic E-state index is 0.0345. The van der Waals surface area contributed by atoms with Crippen LogP contribution in [-0.4, -0.2) is 23.9 Å². The number of benzene rings is 1. The number of aromatic nitrogens is 1. The lowest BCUT2D eigenvalue weighted by Gasteiger charge is -2.09. The van der Waals surface area contributed by atoms with Gasteiger partial charge in [0, 0.05) is 12.0 Å². The van der Waals surface area contributed by atoms with Gasteiger partial charge in [-0.25, -0.2) is 4.73 Å². The Bertz CT molecular complexity index is 748. The maximum atomic E-state index is 11.5. The molecule has 1 heterocycles. The summed E-state index contributed by atoms with van der Waals surface area (Å²) >= 11 is 0. The Morgan fingerprint density at radius 3 is 2.83 bits per heavy atom. The Kier molecular flexibility index (Phi) is 5.67. The van der Waals surface area contributed by atoms with E-state index in [-0.39, 0.29) is 17.3 Å². The van der Waals surface area contributed by atoms with Gasteiger partial charge in [-0.3, -0.25) is 20.2 Å². The minimum Gasteiger partial charge on any atom is -0.711 e. The topological polar surface area (TPSA) is 108 Å². The van der Waals surface area contributed by atoms with E-state index in [0.717, 1.165) is 12.3 Å². The maximum absolute atomic E-state index is 11.5. The fourth-order valence-corrected chi connectivity index (χ4v) is 2.00. The predicted molar refractivity (Wildman–Crippen MR) is 87.1 cm³/mol. The third kappa shape index (κ3) is 4.67. The van der Waals surface area contributed by atoms with Crippen molar-refractivity contribution in [3.63, 3.8) is 0 Å². The van der Waals surface area contributed by atoms with Crippen molar-refractivity contribution >= 4 is 17.3 Å². The summed E-state index contributed by atoms with van der Waals surface area (Å²) in [6, 6.07) is 9.21. The predicted octanol–water partition coefficient (Wildman–Crippen LogP) is 2.31. The first-order chi connectivity index (χ1) is 11.5. The van der Waals surface area contributed by atoms with Crippen molar-refractivity contribution in [3.05, 3.63) is 63.5 Å². The first kappa shape index (κ1) is 17.2. The lowest BCUT2D eigenvalue weighted by atomic mass is 10.1. The van der Waals surface area contributed by atoms with E-state index < -0.39 is 4.92 Å². The number of ketones is 1. The highest BCUT2D eigenvalue weighted by atomic mass is 16.6. The molecule has 126 valence electrons. The molecule has 2 aromatic rings. The molecule has 0 atom stereocenters. The number of nitrogens with one attached hydrogen (secondary N) is 1. The molecule has 8 heteroatoms. The van der Waals surface area contributed by atoms with Crippen molar-refractivity contribution in [2.24, 2.45) is 0 Å². The van der Waals surface area contributed by atoms with Crippen LogP contribution in [-0.2, 0) is 0 Å². The lowest BCUT2D eigenvalue weighted by molar-refractivity contribution is -0.591. The van der Waals surface area contributed by atoms with Crippen LogP contribution in [0.5, 0.6) is 5.75 Å². The van der Waals surface area contributed by atoms with E-state index in [2.05, 4.69) is 5.32 Å². The average Bonchev–Trinajstić information content (AvgIpc) is 2.56. The number of hydrogen-bond acceptors (Lipinski definition) is 6. The Morgan fingerprint density at radius 2 is 2.12 bits per heavy atom. The minimum atomic E-state index is -0.559. The van der Waals surface area contributed by atoms with Gasteiger partial charge in [-0.15, -0.1) is 0 Å². The SMILES string of the molecule is CC(=O)c1cccc(OCCCNc2cc([N+](=O)[O-])cc[n+]2[O-])c1. The van der Waals surface area contributed by atoms with Crippen molar-refractivity contribution in [1.82, 2.24) is 0 Å². The van der Waals surface area contributed by atoms with Gasteiger partial charge in [0.25, 0.3) is 11.5 Å². The molecule has 0 unspecified atom stereocenters. The molecule has 8 nitrogen and oxygen atoms in total. The molecule has 2 rings (SSSR count). The number of nitrogens with zero attached hydrogens (tertiary/aromatic N) is 2. The van der Waals surface area contributed by atoms with E-state index in [9.17, 15) is 20.1 Å². The van der Waals surface area contributed by atoms with Crippen molar-refractivity contribution in [2.45, 2.75) is 13.3 Å². The second kappa shape index (κ2) is 7.91. The summed E-state index contributed by atoms with van der Waals surface area (Å²) in [5, 5.41) is 25.1. The molecule has 0 aliphatic rings. The van der Waals surface area contributed by atoms with Crippen LogP contribution in [0.4, 0.5) is 11.5 Å². The molecule has 0 spiro atoms. The maximum Gasteiger partial charge on any atom is 0.284 e. The van der Waals surface area contributed by atoms with Crippen molar-refractivity contribution < 1.29 is 19.2 Å². The zero-order valence-electron chi connectivity index (χ0n) is 13.1. The van der Waals surface area contributed by atoms with E-state index in [1.807, 2.05) is 0 Å². The number of carbonyl (C=O) groups is 1. The molecule has 0 fully saturated rings. The zero-order chi connectivity index (χ0) is 17.5. The largest absolute Gasteiger partial charge is 0.711 e. The average molecular weight is 331 g/mol. The van der Waals surface area contributed by atoms with Crippen LogP contribution in [0.25, 0.3) is 0 Å². The molecule has 0 saturated carbocycles. The molecule has 0 amide bonds. The molecular formula is C16H17N3O5. The van der Waals surface area contributed by atoms with Crippen LogP contribution in [0.2, 0.25) is 0 Å². The smallest absolute Gasteiger partial charge is 0.284 e. The lowest BCUT2D eigenvalue weighted by Crippen LogP contribution is -2.30.